The van der Waals surface area contributed by atoms with E-state index in [9.17, 15) is 9.90 Å². The van der Waals surface area contributed by atoms with E-state index in [1.54, 1.807) is 36.8 Å². The summed E-state index contributed by atoms with van der Waals surface area (Å²) in [6, 6.07) is 14.1. The monoisotopic (exact) mass is 513 g/mol. The first kappa shape index (κ1) is 24.9. The Morgan fingerprint density at radius 3 is 2.74 bits per heavy atom. The van der Waals surface area contributed by atoms with E-state index < -0.39 is 5.97 Å². The first-order valence-electron chi connectivity index (χ1n) is 12.4. The minimum atomic E-state index is -1.10. The highest BCUT2D eigenvalue weighted by Gasteiger charge is 2.24. The topological polar surface area (TPSA) is 135 Å². The maximum Gasteiger partial charge on any atom is 0.354 e. The molecule has 194 valence electrons. The molecular weight excluding hydrogens is 486 g/mol. The van der Waals surface area contributed by atoms with Gasteiger partial charge in [0.1, 0.15) is 17.6 Å². The molecule has 38 heavy (non-hydrogen) atoms. The molecule has 0 bridgehead atoms. The molecule has 0 radical (unpaired) electrons. The van der Waals surface area contributed by atoms with Crippen LogP contribution in [0.15, 0.2) is 67.1 Å². The predicted molar refractivity (Wildman–Crippen MR) is 141 cm³/mol. The lowest BCUT2D eigenvalue weighted by molar-refractivity contribution is 0.0690. The van der Waals surface area contributed by atoms with Crippen molar-refractivity contribution >= 4 is 23.6 Å². The standard InChI is InChI=1S/C27H27N7O4/c1-2-37-22-10-3-4-11-23(22)38-18-7-6-14-34(17-18)25-16-28-15-24(32-25)33-27-29-13-12-20(31-27)19-8-5-9-21(30-19)26(35)36/h3-5,8-13,15-16,18H,2,6-7,14,17H2,1H3,(H,35,36)(H,29,31,32,33). The van der Waals surface area contributed by atoms with Gasteiger partial charge >= 0.3 is 5.97 Å². The zero-order valence-corrected chi connectivity index (χ0v) is 20.8. The molecule has 5 rings (SSSR count). The number of aromatic nitrogens is 5. The Labute approximate surface area is 219 Å². The molecule has 1 aromatic carbocycles. The minimum absolute atomic E-state index is 0.0159. The maximum absolute atomic E-state index is 11.3. The summed E-state index contributed by atoms with van der Waals surface area (Å²) in [7, 11) is 0. The van der Waals surface area contributed by atoms with Gasteiger partial charge in [-0.25, -0.2) is 24.7 Å². The number of carbonyl (C=O) groups is 1. The van der Waals surface area contributed by atoms with Gasteiger partial charge in [-0.05, 0) is 50.1 Å². The molecule has 2 N–H and O–H groups in total. The number of ether oxygens (including phenoxy) is 2. The van der Waals surface area contributed by atoms with Gasteiger partial charge in [0.15, 0.2) is 17.3 Å². The summed E-state index contributed by atoms with van der Waals surface area (Å²) in [6.45, 7) is 4.02. The van der Waals surface area contributed by atoms with Crippen molar-refractivity contribution in [2.24, 2.45) is 0 Å². The number of hydrogen-bond donors (Lipinski definition) is 2. The number of piperidine rings is 1. The second-order valence-electron chi connectivity index (χ2n) is 8.57. The molecule has 11 heteroatoms. The molecule has 1 aliphatic rings. The van der Waals surface area contributed by atoms with E-state index in [0.29, 0.717) is 42.1 Å². The van der Waals surface area contributed by atoms with Crippen molar-refractivity contribution in [1.29, 1.82) is 0 Å². The molecule has 1 atom stereocenters. The van der Waals surface area contributed by atoms with Gasteiger partial charge in [-0.15, -0.1) is 0 Å². The van der Waals surface area contributed by atoms with Crippen LogP contribution in [-0.2, 0) is 0 Å². The molecule has 3 aromatic heterocycles. The smallest absolute Gasteiger partial charge is 0.354 e. The number of hydrogen-bond acceptors (Lipinski definition) is 10. The quantitative estimate of drug-likeness (QED) is 0.333. The Morgan fingerprint density at radius 2 is 1.89 bits per heavy atom. The normalized spacial score (nSPS) is 15.1. The van der Waals surface area contributed by atoms with Crippen LogP contribution in [0.3, 0.4) is 0 Å². The van der Waals surface area contributed by atoms with Crippen molar-refractivity contribution in [2.75, 3.05) is 29.9 Å². The van der Waals surface area contributed by atoms with Crippen molar-refractivity contribution < 1.29 is 19.4 Å². The molecule has 4 heterocycles. The second kappa shape index (κ2) is 11.5. The lowest BCUT2D eigenvalue weighted by Gasteiger charge is -2.33. The number of carboxylic acids is 1. The lowest BCUT2D eigenvalue weighted by Crippen LogP contribution is -2.41. The summed E-state index contributed by atoms with van der Waals surface area (Å²) < 4.78 is 12.0. The SMILES string of the molecule is CCOc1ccccc1OC1CCCN(c2cncc(Nc3nccc(-c4cccc(C(=O)O)n4)n3)n2)C1. The van der Waals surface area contributed by atoms with Gasteiger partial charge in [0, 0.05) is 12.7 Å². The molecular formula is C27H27N7O4. The Hall–Kier alpha value is -4.80. The molecule has 0 amide bonds. The summed E-state index contributed by atoms with van der Waals surface area (Å²) >= 11 is 0. The van der Waals surface area contributed by atoms with E-state index in [1.165, 1.54) is 6.07 Å². The number of benzene rings is 1. The molecule has 0 aliphatic carbocycles. The van der Waals surface area contributed by atoms with Crippen molar-refractivity contribution in [3.05, 3.63) is 72.8 Å². The Bertz CT molecular complexity index is 1420. The van der Waals surface area contributed by atoms with E-state index in [-0.39, 0.29) is 11.8 Å². The summed E-state index contributed by atoms with van der Waals surface area (Å²) in [5.74, 6) is 1.87. The highest BCUT2D eigenvalue weighted by atomic mass is 16.5. The number of carboxylic acid groups (broad SMARTS) is 1. The first-order chi connectivity index (χ1) is 18.6. The van der Waals surface area contributed by atoms with E-state index in [4.69, 9.17) is 14.5 Å². The Kier molecular flexibility index (Phi) is 7.53. The fourth-order valence-corrected chi connectivity index (χ4v) is 4.19. The van der Waals surface area contributed by atoms with Crippen LogP contribution in [0.25, 0.3) is 11.4 Å². The number of aromatic carboxylic acids is 1. The Balaban J connectivity index is 1.28. The van der Waals surface area contributed by atoms with Crippen LogP contribution >= 0.6 is 0 Å². The van der Waals surface area contributed by atoms with Crippen LogP contribution in [0.2, 0.25) is 0 Å². The van der Waals surface area contributed by atoms with Gasteiger partial charge in [-0.1, -0.05) is 18.2 Å². The summed E-state index contributed by atoms with van der Waals surface area (Å²) in [6.07, 6.45) is 6.76. The third-order valence-electron chi connectivity index (χ3n) is 5.89. The summed E-state index contributed by atoms with van der Waals surface area (Å²) in [4.78, 5) is 35.4. The molecule has 1 saturated heterocycles. The summed E-state index contributed by atoms with van der Waals surface area (Å²) in [5.41, 5.74) is 0.859. The van der Waals surface area contributed by atoms with Gasteiger partial charge in [-0.3, -0.25) is 4.98 Å². The van der Waals surface area contributed by atoms with Crippen LogP contribution in [0.4, 0.5) is 17.6 Å². The lowest BCUT2D eigenvalue weighted by atomic mass is 10.1. The van der Waals surface area contributed by atoms with Crippen LogP contribution in [0, 0.1) is 0 Å². The molecule has 0 spiro atoms. The molecule has 1 aliphatic heterocycles. The minimum Gasteiger partial charge on any atom is -0.490 e. The van der Waals surface area contributed by atoms with Gasteiger partial charge in [0.05, 0.1) is 36.9 Å². The largest absolute Gasteiger partial charge is 0.490 e. The molecule has 1 unspecified atom stereocenters. The first-order valence-corrected chi connectivity index (χ1v) is 12.4. The van der Waals surface area contributed by atoms with Crippen molar-refractivity contribution in [2.45, 2.75) is 25.9 Å². The van der Waals surface area contributed by atoms with Gasteiger partial charge < -0.3 is 24.8 Å². The predicted octanol–water partition coefficient (Wildman–Crippen LogP) is 4.22. The van der Waals surface area contributed by atoms with Crippen LogP contribution < -0.4 is 19.7 Å². The molecule has 11 nitrogen and oxygen atoms in total. The number of nitrogens with one attached hydrogen (secondary N) is 1. The van der Waals surface area contributed by atoms with Crippen molar-refractivity contribution in [3.8, 4) is 22.9 Å². The average molecular weight is 514 g/mol. The van der Waals surface area contributed by atoms with Crippen molar-refractivity contribution in [1.82, 2.24) is 24.9 Å². The van der Waals surface area contributed by atoms with Crippen LogP contribution in [0.1, 0.15) is 30.3 Å². The number of pyridine rings is 1. The van der Waals surface area contributed by atoms with E-state index >= 15 is 0 Å². The van der Waals surface area contributed by atoms with E-state index in [0.717, 1.165) is 30.9 Å². The zero-order valence-electron chi connectivity index (χ0n) is 20.8. The van der Waals surface area contributed by atoms with Gasteiger partial charge in [0.2, 0.25) is 5.95 Å². The number of rotatable bonds is 9. The number of nitrogens with zero attached hydrogens (tertiary/aromatic N) is 6. The highest BCUT2D eigenvalue weighted by molar-refractivity contribution is 5.86. The third-order valence-corrected chi connectivity index (χ3v) is 5.89. The van der Waals surface area contributed by atoms with Crippen LogP contribution in [0.5, 0.6) is 11.5 Å². The average Bonchev–Trinajstić information content (AvgIpc) is 2.95. The molecule has 4 aromatic rings. The molecule has 0 saturated carbocycles. The maximum atomic E-state index is 11.3. The zero-order chi connectivity index (χ0) is 26.3. The fraction of sp³-hybridized carbons (Fsp3) is 0.259. The second-order valence-corrected chi connectivity index (χ2v) is 8.57. The fourth-order valence-electron chi connectivity index (χ4n) is 4.19. The summed E-state index contributed by atoms with van der Waals surface area (Å²) in [5, 5.41) is 12.3. The number of anilines is 3. The number of para-hydroxylation sites is 2. The highest BCUT2D eigenvalue weighted by Crippen LogP contribution is 2.30. The van der Waals surface area contributed by atoms with E-state index in [1.807, 2.05) is 31.2 Å². The van der Waals surface area contributed by atoms with Gasteiger partial charge in [0.25, 0.3) is 0 Å². The Morgan fingerprint density at radius 1 is 1.05 bits per heavy atom. The van der Waals surface area contributed by atoms with E-state index in [2.05, 4.69) is 30.2 Å². The van der Waals surface area contributed by atoms with Crippen molar-refractivity contribution in [3.63, 3.8) is 0 Å². The van der Waals surface area contributed by atoms with Gasteiger partial charge in [-0.2, -0.15) is 0 Å². The third kappa shape index (κ3) is 5.94. The molecule has 1 fully saturated rings. The van der Waals surface area contributed by atoms with Crippen LogP contribution in [-0.4, -0.2) is 61.8 Å².